The van der Waals surface area contributed by atoms with Gasteiger partial charge in [-0.2, -0.15) is 0 Å². The van der Waals surface area contributed by atoms with Gasteiger partial charge in [0.15, 0.2) is 0 Å². The molecule has 0 radical (unpaired) electrons. The van der Waals surface area contributed by atoms with Crippen molar-refractivity contribution in [3.63, 3.8) is 0 Å². The van der Waals surface area contributed by atoms with Crippen LogP contribution < -0.4 is 5.32 Å². The van der Waals surface area contributed by atoms with Crippen molar-refractivity contribution >= 4 is 21.6 Å². The van der Waals surface area contributed by atoms with Gasteiger partial charge in [-0.15, -0.1) is 0 Å². The van der Waals surface area contributed by atoms with E-state index < -0.39 is 0 Å². The van der Waals surface area contributed by atoms with Crippen molar-refractivity contribution in [2.75, 3.05) is 52.6 Å². The summed E-state index contributed by atoms with van der Waals surface area (Å²) in [6.45, 7) is 4.22. The second-order valence-corrected chi connectivity index (χ2v) is 5.37. The van der Waals surface area contributed by atoms with Crippen molar-refractivity contribution < 1.29 is 0 Å². The number of likely N-dealkylation sites (N-methyl/N-ethyl adjacent to an activating group) is 2. The highest BCUT2D eigenvalue weighted by molar-refractivity contribution is 9.10. The third-order valence-electron chi connectivity index (χ3n) is 2.61. The first kappa shape index (κ1) is 14.5. The molecule has 0 aromatic heterocycles. The van der Waals surface area contributed by atoms with Gasteiger partial charge < -0.3 is 15.1 Å². The topological polar surface area (TPSA) is 18.5 Å². The lowest BCUT2D eigenvalue weighted by molar-refractivity contribution is 0.289. The summed E-state index contributed by atoms with van der Waals surface area (Å²) in [4.78, 5) is 4.54. The zero-order valence-corrected chi connectivity index (χ0v) is 12.5. The van der Waals surface area contributed by atoms with E-state index in [4.69, 9.17) is 0 Å². The molecular formula is C13H22BrN3. The molecule has 3 nitrogen and oxygen atoms in total. The Morgan fingerprint density at radius 1 is 1.06 bits per heavy atom. The molecule has 4 heteroatoms. The number of benzene rings is 1. The van der Waals surface area contributed by atoms with Gasteiger partial charge in [0.05, 0.1) is 0 Å². The number of rotatable bonds is 7. The largest absolute Gasteiger partial charge is 0.383 e. The zero-order valence-electron chi connectivity index (χ0n) is 10.9. The third kappa shape index (κ3) is 6.05. The molecule has 1 aromatic rings. The van der Waals surface area contributed by atoms with E-state index in [0.29, 0.717) is 0 Å². The van der Waals surface area contributed by atoms with Crippen LogP contribution in [0.2, 0.25) is 0 Å². The molecule has 0 bridgehead atoms. The van der Waals surface area contributed by atoms with Crippen LogP contribution >= 0.6 is 15.9 Å². The Balaban J connectivity index is 2.21. The summed E-state index contributed by atoms with van der Waals surface area (Å²) < 4.78 is 1.12. The molecule has 0 unspecified atom stereocenters. The number of hydrogen-bond acceptors (Lipinski definition) is 3. The maximum Gasteiger partial charge on any atom is 0.0485 e. The predicted molar refractivity (Wildman–Crippen MR) is 78.7 cm³/mol. The van der Waals surface area contributed by atoms with E-state index in [0.717, 1.165) is 36.3 Å². The molecule has 0 saturated heterocycles. The normalized spacial score (nSPS) is 11.2. The Labute approximate surface area is 113 Å². The number of hydrogen-bond donors (Lipinski definition) is 1. The Morgan fingerprint density at radius 2 is 1.76 bits per heavy atom. The number of halogens is 1. The summed E-state index contributed by atoms with van der Waals surface area (Å²) in [6.07, 6.45) is 0. The SMILES string of the molecule is CN(C)CCN(C)CCNc1ccccc1Br. The fourth-order valence-electron chi connectivity index (χ4n) is 1.47. The van der Waals surface area contributed by atoms with Crippen molar-refractivity contribution in [1.82, 2.24) is 9.80 Å². The molecule has 0 amide bonds. The summed E-state index contributed by atoms with van der Waals surface area (Å²) >= 11 is 3.53. The quantitative estimate of drug-likeness (QED) is 0.834. The molecule has 1 rings (SSSR count). The van der Waals surface area contributed by atoms with Crippen LogP contribution in [-0.2, 0) is 0 Å². The molecule has 1 aromatic carbocycles. The molecule has 0 atom stereocenters. The second-order valence-electron chi connectivity index (χ2n) is 4.51. The average molecular weight is 300 g/mol. The molecule has 0 fully saturated rings. The van der Waals surface area contributed by atoms with Gasteiger partial charge in [-0.3, -0.25) is 0 Å². The maximum absolute atomic E-state index is 3.53. The van der Waals surface area contributed by atoms with Crippen molar-refractivity contribution in [3.05, 3.63) is 28.7 Å². The van der Waals surface area contributed by atoms with Gasteiger partial charge in [0.2, 0.25) is 0 Å². The standard InChI is InChI=1S/C13H22BrN3/c1-16(2)10-11-17(3)9-8-15-13-7-5-4-6-12(13)14/h4-7,15H,8-11H2,1-3H3. The fraction of sp³-hybridized carbons (Fsp3) is 0.538. The van der Waals surface area contributed by atoms with Gasteiger partial charge in [-0.25, -0.2) is 0 Å². The van der Waals surface area contributed by atoms with E-state index >= 15 is 0 Å². The van der Waals surface area contributed by atoms with Gasteiger partial charge >= 0.3 is 0 Å². The summed E-state index contributed by atoms with van der Waals surface area (Å²) in [5.74, 6) is 0. The number of para-hydroxylation sites is 1. The molecule has 1 N–H and O–H groups in total. The van der Waals surface area contributed by atoms with Crippen LogP contribution in [0.25, 0.3) is 0 Å². The van der Waals surface area contributed by atoms with Crippen LogP contribution in [0.1, 0.15) is 0 Å². The van der Waals surface area contributed by atoms with E-state index in [1.165, 1.54) is 0 Å². The van der Waals surface area contributed by atoms with E-state index in [1.807, 2.05) is 12.1 Å². The van der Waals surface area contributed by atoms with E-state index in [2.05, 4.69) is 64.3 Å². The highest BCUT2D eigenvalue weighted by Crippen LogP contribution is 2.20. The van der Waals surface area contributed by atoms with Crippen LogP contribution in [0.5, 0.6) is 0 Å². The molecule has 0 spiro atoms. The van der Waals surface area contributed by atoms with E-state index in [1.54, 1.807) is 0 Å². The summed E-state index contributed by atoms with van der Waals surface area (Å²) in [5, 5.41) is 3.43. The Hall–Kier alpha value is -0.580. The lowest BCUT2D eigenvalue weighted by Gasteiger charge is -2.19. The van der Waals surface area contributed by atoms with Gasteiger partial charge in [-0.05, 0) is 49.2 Å². The lowest BCUT2D eigenvalue weighted by atomic mass is 10.3. The predicted octanol–water partition coefficient (Wildman–Crippen LogP) is 2.35. The molecule has 96 valence electrons. The fourth-order valence-corrected chi connectivity index (χ4v) is 1.89. The highest BCUT2D eigenvalue weighted by Gasteiger charge is 2.00. The molecule has 0 saturated carbocycles. The van der Waals surface area contributed by atoms with Crippen molar-refractivity contribution in [2.45, 2.75) is 0 Å². The Bertz CT molecular complexity index is 328. The van der Waals surface area contributed by atoms with Crippen molar-refractivity contribution in [2.24, 2.45) is 0 Å². The molecule has 0 heterocycles. The summed E-state index contributed by atoms with van der Waals surface area (Å²) in [7, 11) is 6.37. The van der Waals surface area contributed by atoms with Gasteiger partial charge in [0.25, 0.3) is 0 Å². The number of nitrogens with one attached hydrogen (secondary N) is 1. The van der Waals surface area contributed by atoms with E-state index in [-0.39, 0.29) is 0 Å². The van der Waals surface area contributed by atoms with Gasteiger partial charge in [0, 0.05) is 36.3 Å². The number of anilines is 1. The first-order valence-electron chi connectivity index (χ1n) is 5.91. The monoisotopic (exact) mass is 299 g/mol. The minimum atomic E-state index is 0.965. The summed E-state index contributed by atoms with van der Waals surface area (Å²) in [6, 6.07) is 8.21. The average Bonchev–Trinajstić information content (AvgIpc) is 2.29. The highest BCUT2D eigenvalue weighted by atomic mass is 79.9. The minimum absolute atomic E-state index is 0.965. The molecule has 0 aliphatic heterocycles. The van der Waals surface area contributed by atoms with Gasteiger partial charge in [-0.1, -0.05) is 12.1 Å². The first-order valence-corrected chi connectivity index (χ1v) is 6.70. The Morgan fingerprint density at radius 3 is 2.41 bits per heavy atom. The Kier molecular flexibility index (Phi) is 6.55. The second kappa shape index (κ2) is 7.69. The molecular weight excluding hydrogens is 278 g/mol. The van der Waals surface area contributed by atoms with Crippen LogP contribution in [0.4, 0.5) is 5.69 Å². The van der Waals surface area contributed by atoms with Crippen LogP contribution in [-0.4, -0.2) is 57.1 Å². The van der Waals surface area contributed by atoms with Crippen LogP contribution in [0.3, 0.4) is 0 Å². The smallest absolute Gasteiger partial charge is 0.0485 e. The van der Waals surface area contributed by atoms with Crippen molar-refractivity contribution in [3.8, 4) is 0 Å². The molecule has 0 aliphatic rings. The number of nitrogens with zero attached hydrogens (tertiary/aromatic N) is 2. The van der Waals surface area contributed by atoms with Crippen molar-refractivity contribution in [1.29, 1.82) is 0 Å². The maximum atomic E-state index is 3.53. The molecule has 17 heavy (non-hydrogen) atoms. The first-order chi connectivity index (χ1) is 8.09. The molecule has 0 aliphatic carbocycles. The third-order valence-corrected chi connectivity index (χ3v) is 3.30. The van der Waals surface area contributed by atoms with Crippen LogP contribution in [0.15, 0.2) is 28.7 Å². The van der Waals surface area contributed by atoms with E-state index in [9.17, 15) is 0 Å². The van der Waals surface area contributed by atoms with Gasteiger partial charge in [0.1, 0.15) is 0 Å². The lowest BCUT2D eigenvalue weighted by Crippen LogP contribution is -2.32. The minimum Gasteiger partial charge on any atom is -0.383 e. The zero-order chi connectivity index (χ0) is 12.7. The summed E-state index contributed by atoms with van der Waals surface area (Å²) in [5.41, 5.74) is 1.16. The van der Waals surface area contributed by atoms with Crippen LogP contribution in [0, 0.1) is 0 Å².